The Hall–Kier alpha value is -3.00. The van der Waals surface area contributed by atoms with Crippen LogP contribution in [0.15, 0.2) is 64.1 Å². The van der Waals surface area contributed by atoms with Gasteiger partial charge < -0.3 is 10.1 Å². The van der Waals surface area contributed by atoms with E-state index in [0.29, 0.717) is 10.2 Å². The minimum atomic E-state index is -0.648. The van der Waals surface area contributed by atoms with Crippen molar-refractivity contribution in [3.05, 3.63) is 81.1 Å². The fourth-order valence-corrected chi connectivity index (χ4v) is 3.54. The third-order valence-electron chi connectivity index (χ3n) is 4.66. The number of hydrogen-bond acceptors (Lipinski definition) is 5. The van der Waals surface area contributed by atoms with Gasteiger partial charge in [-0.25, -0.2) is 9.37 Å². The fourth-order valence-electron chi connectivity index (χ4n) is 3.15. The van der Waals surface area contributed by atoms with Crippen molar-refractivity contribution in [1.82, 2.24) is 9.55 Å². The standard InChI is InChI=1S/C24H25BrFN3O3/c1-15(16-9-11-17(12-10-16)18-7-5-6-8-19(18)26)28-22-23(31)29(20(25)13-27-22)14-21(30)32-24(2,3)4/h5-13,15H,14H2,1-4H3,(H,27,28)/t15-/m1/s1. The lowest BCUT2D eigenvalue weighted by atomic mass is 10.0. The molecule has 3 aromatic rings. The van der Waals surface area contributed by atoms with Gasteiger partial charge in [0.05, 0.1) is 12.2 Å². The van der Waals surface area contributed by atoms with E-state index in [1.807, 2.05) is 31.2 Å². The van der Waals surface area contributed by atoms with Gasteiger partial charge in [-0.15, -0.1) is 0 Å². The summed E-state index contributed by atoms with van der Waals surface area (Å²) >= 11 is 3.27. The van der Waals surface area contributed by atoms with Crippen molar-refractivity contribution < 1.29 is 13.9 Å². The Morgan fingerprint density at radius 1 is 1.19 bits per heavy atom. The minimum Gasteiger partial charge on any atom is -0.459 e. The van der Waals surface area contributed by atoms with Crippen molar-refractivity contribution in [2.45, 2.75) is 45.9 Å². The van der Waals surface area contributed by atoms with Crippen molar-refractivity contribution in [3.8, 4) is 11.1 Å². The molecule has 1 N–H and O–H groups in total. The van der Waals surface area contributed by atoms with Crippen LogP contribution < -0.4 is 10.9 Å². The van der Waals surface area contributed by atoms with E-state index in [9.17, 15) is 14.0 Å². The molecule has 1 aromatic heterocycles. The number of halogens is 2. The Morgan fingerprint density at radius 2 is 1.84 bits per heavy atom. The second-order valence-electron chi connectivity index (χ2n) is 8.38. The molecule has 0 radical (unpaired) electrons. The van der Waals surface area contributed by atoms with E-state index in [4.69, 9.17) is 4.74 Å². The highest BCUT2D eigenvalue weighted by molar-refractivity contribution is 9.10. The zero-order chi connectivity index (χ0) is 23.5. The van der Waals surface area contributed by atoms with Gasteiger partial charge in [0.2, 0.25) is 0 Å². The molecular formula is C24H25BrFN3O3. The van der Waals surface area contributed by atoms with Crippen LogP contribution in [0.4, 0.5) is 10.2 Å². The van der Waals surface area contributed by atoms with Gasteiger partial charge >= 0.3 is 5.97 Å². The predicted octanol–water partition coefficient (Wildman–Crippen LogP) is 5.33. The quantitative estimate of drug-likeness (QED) is 0.462. The summed E-state index contributed by atoms with van der Waals surface area (Å²) in [4.78, 5) is 29.3. The SMILES string of the molecule is C[C@@H](Nc1ncc(Br)n(CC(=O)OC(C)(C)C)c1=O)c1ccc(-c2ccccc2F)cc1. The smallest absolute Gasteiger partial charge is 0.326 e. The summed E-state index contributed by atoms with van der Waals surface area (Å²) in [6.45, 7) is 6.95. The van der Waals surface area contributed by atoms with Crippen molar-refractivity contribution >= 4 is 27.7 Å². The molecule has 0 fully saturated rings. The normalized spacial score (nSPS) is 12.3. The largest absolute Gasteiger partial charge is 0.459 e. The molecule has 0 bridgehead atoms. The van der Waals surface area contributed by atoms with Crippen molar-refractivity contribution in [2.24, 2.45) is 0 Å². The highest BCUT2D eigenvalue weighted by Crippen LogP contribution is 2.25. The van der Waals surface area contributed by atoms with Gasteiger partial charge in [-0.2, -0.15) is 0 Å². The maximum absolute atomic E-state index is 14.0. The molecule has 0 aliphatic carbocycles. The fraction of sp³-hybridized carbons (Fsp3) is 0.292. The molecule has 6 nitrogen and oxygen atoms in total. The first-order valence-corrected chi connectivity index (χ1v) is 10.9. The summed E-state index contributed by atoms with van der Waals surface area (Å²) < 4.78 is 21.0. The number of anilines is 1. The van der Waals surface area contributed by atoms with Crippen molar-refractivity contribution in [1.29, 1.82) is 0 Å². The first kappa shape index (κ1) is 23.7. The monoisotopic (exact) mass is 501 g/mol. The first-order valence-electron chi connectivity index (χ1n) is 10.1. The number of rotatable bonds is 6. The van der Waals surface area contributed by atoms with E-state index in [0.717, 1.165) is 11.1 Å². The minimum absolute atomic E-state index is 0.113. The molecule has 3 rings (SSSR count). The molecule has 0 saturated carbocycles. The zero-order valence-electron chi connectivity index (χ0n) is 18.4. The van der Waals surface area contributed by atoms with Gasteiger partial charge in [0.1, 0.15) is 22.6 Å². The van der Waals surface area contributed by atoms with Gasteiger partial charge in [0.25, 0.3) is 5.56 Å². The summed E-state index contributed by atoms with van der Waals surface area (Å²) in [5, 5.41) is 3.09. The van der Waals surface area contributed by atoms with Gasteiger partial charge in [-0.1, -0.05) is 42.5 Å². The Balaban J connectivity index is 1.78. The highest BCUT2D eigenvalue weighted by Gasteiger charge is 2.20. The van der Waals surface area contributed by atoms with Crippen LogP contribution in [0.1, 0.15) is 39.3 Å². The number of nitrogens with zero attached hydrogens (tertiary/aromatic N) is 2. The molecule has 0 unspecified atom stereocenters. The molecule has 1 heterocycles. The number of aromatic nitrogens is 2. The number of carbonyl (C=O) groups is 1. The molecule has 0 spiro atoms. The molecule has 0 aliphatic rings. The zero-order valence-corrected chi connectivity index (χ0v) is 19.9. The molecule has 168 valence electrons. The number of benzene rings is 2. The Labute approximate surface area is 194 Å². The molecule has 32 heavy (non-hydrogen) atoms. The lowest BCUT2D eigenvalue weighted by molar-refractivity contribution is -0.155. The van der Waals surface area contributed by atoms with Crippen LogP contribution in [0.25, 0.3) is 11.1 Å². The number of esters is 1. The topological polar surface area (TPSA) is 73.2 Å². The Morgan fingerprint density at radius 3 is 2.47 bits per heavy atom. The Kier molecular flexibility index (Phi) is 7.13. The van der Waals surface area contributed by atoms with E-state index in [2.05, 4.69) is 26.2 Å². The van der Waals surface area contributed by atoms with E-state index < -0.39 is 17.1 Å². The van der Waals surface area contributed by atoms with Crippen LogP contribution in [0.2, 0.25) is 0 Å². The molecule has 0 saturated heterocycles. The van der Waals surface area contributed by atoms with Crippen molar-refractivity contribution in [2.75, 3.05) is 5.32 Å². The lowest BCUT2D eigenvalue weighted by Gasteiger charge is -2.20. The highest BCUT2D eigenvalue weighted by atomic mass is 79.9. The predicted molar refractivity (Wildman–Crippen MR) is 126 cm³/mol. The summed E-state index contributed by atoms with van der Waals surface area (Å²) in [6.07, 6.45) is 1.46. The number of nitrogens with one attached hydrogen (secondary N) is 1. The third kappa shape index (κ3) is 5.82. The van der Waals surface area contributed by atoms with Crippen LogP contribution in [0, 0.1) is 5.82 Å². The second kappa shape index (κ2) is 9.65. The van der Waals surface area contributed by atoms with Crippen LogP contribution in [-0.2, 0) is 16.1 Å². The average Bonchev–Trinajstić information content (AvgIpc) is 2.72. The summed E-state index contributed by atoms with van der Waals surface area (Å²) in [5.74, 6) is -0.687. The van der Waals surface area contributed by atoms with Crippen LogP contribution in [0.5, 0.6) is 0 Å². The molecule has 0 amide bonds. The molecule has 8 heteroatoms. The summed E-state index contributed by atoms with van der Waals surface area (Å²) in [7, 11) is 0. The Bertz CT molecular complexity index is 1170. The summed E-state index contributed by atoms with van der Waals surface area (Å²) in [5.41, 5.74) is 1.10. The number of ether oxygens (including phenoxy) is 1. The van der Waals surface area contributed by atoms with Crippen LogP contribution in [0.3, 0.4) is 0 Å². The molecule has 1 atom stereocenters. The van der Waals surface area contributed by atoms with Gasteiger partial charge in [0, 0.05) is 5.56 Å². The van der Waals surface area contributed by atoms with Gasteiger partial charge in [-0.05, 0) is 60.8 Å². The van der Waals surface area contributed by atoms with E-state index >= 15 is 0 Å². The van der Waals surface area contributed by atoms with Gasteiger partial charge in [-0.3, -0.25) is 14.2 Å². The van der Waals surface area contributed by atoms with Crippen LogP contribution >= 0.6 is 15.9 Å². The second-order valence-corrected chi connectivity index (χ2v) is 9.19. The third-order valence-corrected chi connectivity index (χ3v) is 5.29. The number of carbonyl (C=O) groups excluding carboxylic acids is 1. The maximum Gasteiger partial charge on any atom is 0.326 e. The molecular weight excluding hydrogens is 477 g/mol. The summed E-state index contributed by atoms with van der Waals surface area (Å²) in [6, 6.07) is 13.8. The first-order chi connectivity index (χ1) is 15.0. The average molecular weight is 502 g/mol. The molecule has 0 aliphatic heterocycles. The molecule has 2 aromatic carbocycles. The van der Waals surface area contributed by atoms with Crippen LogP contribution in [-0.4, -0.2) is 21.1 Å². The maximum atomic E-state index is 14.0. The van der Waals surface area contributed by atoms with E-state index in [-0.39, 0.29) is 24.2 Å². The number of hydrogen-bond donors (Lipinski definition) is 1. The van der Waals surface area contributed by atoms with Gasteiger partial charge in [0.15, 0.2) is 5.82 Å². The van der Waals surface area contributed by atoms with Crippen molar-refractivity contribution in [3.63, 3.8) is 0 Å². The van der Waals surface area contributed by atoms with E-state index in [1.165, 1.54) is 16.8 Å². The van der Waals surface area contributed by atoms with E-state index in [1.54, 1.807) is 39.0 Å². The lowest BCUT2D eigenvalue weighted by Crippen LogP contribution is -2.32.